The molecule has 0 saturated heterocycles. The molecule has 0 radical (unpaired) electrons. The highest BCUT2D eigenvalue weighted by Crippen LogP contribution is 2.33. The van der Waals surface area contributed by atoms with Crippen molar-refractivity contribution in [1.29, 1.82) is 0 Å². The van der Waals surface area contributed by atoms with E-state index in [4.69, 9.17) is 9.47 Å². The van der Waals surface area contributed by atoms with Crippen LogP contribution in [0.15, 0.2) is 18.2 Å². The zero-order valence-electron chi connectivity index (χ0n) is 10.9. The number of aliphatic hydroxyl groups excluding tert-OH is 1. The summed E-state index contributed by atoms with van der Waals surface area (Å²) < 4.78 is 10.3. The number of ether oxygens (including phenoxy) is 2. The van der Waals surface area contributed by atoms with Crippen LogP contribution in [0.25, 0.3) is 0 Å². The molecular formula is C13H21NO3. The van der Waals surface area contributed by atoms with E-state index in [1.807, 2.05) is 30.1 Å². The van der Waals surface area contributed by atoms with Crippen molar-refractivity contribution in [2.24, 2.45) is 0 Å². The Kier molecular flexibility index (Phi) is 5.25. The van der Waals surface area contributed by atoms with Gasteiger partial charge in [-0.25, -0.2) is 0 Å². The first-order valence-electron chi connectivity index (χ1n) is 5.66. The Balaban J connectivity index is 3.05. The van der Waals surface area contributed by atoms with E-state index in [2.05, 4.69) is 0 Å². The van der Waals surface area contributed by atoms with Gasteiger partial charge in [-0.2, -0.15) is 0 Å². The molecule has 0 saturated carbocycles. The summed E-state index contributed by atoms with van der Waals surface area (Å²) in [6, 6.07) is 5.75. The first kappa shape index (κ1) is 13.8. The molecule has 0 spiro atoms. The molecule has 0 heterocycles. The number of aliphatic hydroxyl groups is 1. The highest BCUT2D eigenvalue weighted by Gasteiger charge is 2.16. The Morgan fingerprint density at radius 2 is 2.06 bits per heavy atom. The molecule has 0 aliphatic rings. The molecule has 1 aromatic carbocycles. The molecule has 4 heteroatoms. The number of rotatable bonds is 6. The molecular weight excluding hydrogens is 218 g/mol. The maximum atomic E-state index is 9.85. The lowest BCUT2D eigenvalue weighted by atomic mass is 10.1. The summed E-state index contributed by atoms with van der Waals surface area (Å²) in [5.74, 6) is 0.710. The average molecular weight is 239 g/mol. The van der Waals surface area contributed by atoms with Crippen molar-refractivity contribution >= 4 is 5.69 Å². The SMILES string of the molecule is COCCN(C)c1cccc(OC)c1[C@@H](C)O. The van der Waals surface area contributed by atoms with Crippen LogP contribution in [0.2, 0.25) is 0 Å². The van der Waals surface area contributed by atoms with Crippen LogP contribution in [-0.2, 0) is 4.74 Å². The van der Waals surface area contributed by atoms with Gasteiger partial charge in [-0.1, -0.05) is 6.07 Å². The Morgan fingerprint density at radius 1 is 1.35 bits per heavy atom. The Labute approximate surface area is 103 Å². The van der Waals surface area contributed by atoms with E-state index in [1.54, 1.807) is 21.1 Å². The van der Waals surface area contributed by atoms with Crippen LogP contribution < -0.4 is 9.64 Å². The van der Waals surface area contributed by atoms with Gasteiger partial charge >= 0.3 is 0 Å². The van der Waals surface area contributed by atoms with Crippen LogP contribution in [0.4, 0.5) is 5.69 Å². The van der Waals surface area contributed by atoms with Crippen LogP contribution in [0, 0.1) is 0 Å². The fourth-order valence-electron chi connectivity index (χ4n) is 1.81. The van der Waals surface area contributed by atoms with Gasteiger partial charge in [0.2, 0.25) is 0 Å². The fourth-order valence-corrected chi connectivity index (χ4v) is 1.81. The van der Waals surface area contributed by atoms with Crippen molar-refractivity contribution in [1.82, 2.24) is 0 Å². The average Bonchev–Trinajstić information content (AvgIpc) is 2.34. The molecule has 0 fully saturated rings. The largest absolute Gasteiger partial charge is 0.496 e. The van der Waals surface area contributed by atoms with Crippen LogP contribution in [0.1, 0.15) is 18.6 Å². The third kappa shape index (κ3) is 3.35. The van der Waals surface area contributed by atoms with Gasteiger partial charge in [-0.05, 0) is 19.1 Å². The molecule has 1 atom stereocenters. The molecule has 0 aliphatic heterocycles. The van der Waals surface area contributed by atoms with Crippen molar-refractivity contribution in [2.75, 3.05) is 39.3 Å². The molecule has 1 aromatic rings. The van der Waals surface area contributed by atoms with Gasteiger partial charge in [-0.3, -0.25) is 0 Å². The van der Waals surface area contributed by atoms with Gasteiger partial charge in [0.25, 0.3) is 0 Å². The molecule has 0 bridgehead atoms. The van der Waals surface area contributed by atoms with E-state index in [0.717, 1.165) is 17.8 Å². The monoisotopic (exact) mass is 239 g/mol. The van der Waals surface area contributed by atoms with E-state index in [9.17, 15) is 5.11 Å². The highest BCUT2D eigenvalue weighted by atomic mass is 16.5. The lowest BCUT2D eigenvalue weighted by Gasteiger charge is -2.24. The molecule has 1 rings (SSSR count). The minimum Gasteiger partial charge on any atom is -0.496 e. The summed E-state index contributed by atoms with van der Waals surface area (Å²) in [7, 11) is 5.26. The smallest absolute Gasteiger partial charge is 0.126 e. The van der Waals surface area contributed by atoms with Crippen molar-refractivity contribution in [3.05, 3.63) is 23.8 Å². The van der Waals surface area contributed by atoms with Gasteiger partial charge in [0.15, 0.2) is 0 Å². The quantitative estimate of drug-likeness (QED) is 0.822. The van der Waals surface area contributed by atoms with Crippen LogP contribution in [0.3, 0.4) is 0 Å². The van der Waals surface area contributed by atoms with Crippen LogP contribution in [-0.4, -0.2) is 39.5 Å². The Morgan fingerprint density at radius 3 is 2.59 bits per heavy atom. The second-order valence-electron chi connectivity index (χ2n) is 3.98. The summed E-state index contributed by atoms with van der Waals surface area (Å²) in [6.45, 7) is 3.15. The summed E-state index contributed by atoms with van der Waals surface area (Å²) in [6.07, 6.45) is -0.564. The summed E-state index contributed by atoms with van der Waals surface area (Å²) in [5, 5.41) is 9.85. The zero-order chi connectivity index (χ0) is 12.8. The maximum Gasteiger partial charge on any atom is 0.126 e. The third-order valence-corrected chi connectivity index (χ3v) is 2.72. The Hall–Kier alpha value is -1.26. The van der Waals surface area contributed by atoms with E-state index in [0.29, 0.717) is 12.4 Å². The molecule has 0 amide bonds. The number of benzene rings is 1. The van der Waals surface area contributed by atoms with Gasteiger partial charge in [0.05, 0.1) is 19.8 Å². The highest BCUT2D eigenvalue weighted by molar-refractivity contribution is 5.60. The molecule has 17 heavy (non-hydrogen) atoms. The van der Waals surface area contributed by atoms with Gasteiger partial charge in [-0.15, -0.1) is 0 Å². The van der Waals surface area contributed by atoms with E-state index < -0.39 is 6.10 Å². The minimum atomic E-state index is -0.564. The van der Waals surface area contributed by atoms with E-state index in [1.165, 1.54) is 0 Å². The predicted octanol–water partition coefficient (Wildman–Crippen LogP) is 1.83. The number of methoxy groups -OCH3 is 2. The Bertz CT molecular complexity index is 353. The third-order valence-electron chi connectivity index (χ3n) is 2.72. The molecule has 96 valence electrons. The second kappa shape index (κ2) is 6.47. The summed E-state index contributed by atoms with van der Waals surface area (Å²) >= 11 is 0. The topological polar surface area (TPSA) is 41.9 Å². The predicted molar refractivity (Wildman–Crippen MR) is 68.8 cm³/mol. The molecule has 0 aliphatic carbocycles. The molecule has 0 unspecified atom stereocenters. The normalized spacial score (nSPS) is 12.3. The standard InChI is InChI=1S/C13H21NO3/c1-10(15)13-11(14(2)8-9-16-3)6-5-7-12(13)17-4/h5-7,10,15H,8-9H2,1-4H3/t10-/m1/s1. The fraction of sp³-hybridized carbons (Fsp3) is 0.538. The van der Waals surface area contributed by atoms with Gasteiger partial charge < -0.3 is 19.5 Å². The van der Waals surface area contributed by atoms with Crippen LogP contribution in [0.5, 0.6) is 5.75 Å². The number of anilines is 1. The summed E-state index contributed by atoms with van der Waals surface area (Å²) in [5.41, 5.74) is 1.78. The zero-order valence-corrected chi connectivity index (χ0v) is 10.9. The van der Waals surface area contributed by atoms with Crippen LogP contribution >= 0.6 is 0 Å². The number of hydrogen-bond acceptors (Lipinski definition) is 4. The number of hydrogen-bond donors (Lipinski definition) is 1. The molecule has 0 aromatic heterocycles. The van der Waals surface area contributed by atoms with Crippen molar-refractivity contribution < 1.29 is 14.6 Å². The van der Waals surface area contributed by atoms with E-state index in [-0.39, 0.29) is 0 Å². The van der Waals surface area contributed by atoms with Gasteiger partial charge in [0.1, 0.15) is 5.75 Å². The lowest BCUT2D eigenvalue weighted by molar-refractivity contribution is 0.193. The number of likely N-dealkylation sites (N-methyl/N-ethyl adjacent to an activating group) is 1. The first-order chi connectivity index (χ1) is 8.11. The van der Waals surface area contributed by atoms with E-state index >= 15 is 0 Å². The minimum absolute atomic E-state index is 0.564. The summed E-state index contributed by atoms with van der Waals surface area (Å²) in [4.78, 5) is 2.05. The van der Waals surface area contributed by atoms with Crippen molar-refractivity contribution in [2.45, 2.75) is 13.0 Å². The lowest BCUT2D eigenvalue weighted by Crippen LogP contribution is -2.23. The first-order valence-corrected chi connectivity index (χ1v) is 5.66. The van der Waals surface area contributed by atoms with Crippen molar-refractivity contribution in [3.63, 3.8) is 0 Å². The van der Waals surface area contributed by atoms with Gasteiger partial charge in [0, 0.05) is 32.0 Å². The molecule has 1 N–H and O–H groups in total. The maximum absolute atomic E-state index is 9.85. The second-order valence-corrected chi connectivity index (χ2v) is 3.98. The molecule has 4 nitrogen and oxygen atoms in total. The van der Waals surface area contributed by atoms with Crippen molar-refractivity contribution in [3.8, 4) is 5.75 Å². The number of nitrogens with zero attached hydrogens (tertiary/aromatic N) is 1.